The lowest BCUT2D eigenvalue weighted by molar-refractivity contribution is -0.148. The van der Waals surface area contributed by atoms with Crippen LogP contribution in [-0.4, -0.2) is 88.6 Å². The number of carbonyl (C=O) groups excluding carboxylic acids is 4. The van der Waals surface area contributed by atoms with Crippen molar-refractivity contribution in [1.82, 2.24) is 26.1 Å². The molecule has 1 aliphatic rings. The van der Waals surface area contributed by atoms with Crippen molar-refractivity contribution < 1.29 is 43.3 Å². The maximum atomic E-state index is 13.8. The Kier molecular flexibility index (Phi) is 14.5. The molecule has 4 unspecified atom stereocenters. The van der Waals surface area contributed by atoms with Gasteiger partial charge in [-0.2, -0.15) is 0 Å². The summed E-state index contributed by atoms with van der Waals surface area (Å²) in [5.74, 6) is -3.99. The quantitative estimate of drug-likeness (QED) is 0.159. The van der Waals surface area contributed by atoms with E-state index in [1.807, 2.05) is 37.3 Å². The lowest BCUT2D eigenvalue weighted by Crippen LogP contribution is -2.61. The summed E-state index contributed by atoms with van der Waals surface area (Å²) >= 11 is 0. The molecule has 1 fully saturated rings. The van der Waals surface area contributed by atoms with Crippen LogP contribution in [0.15, 0.2) is 36.4 Å². The highest BCUT2D eigenvalue weighted by molar-refractivity contribution is 5.93. The second-order valence-electron chi connectivity index (χ2n) is 12.7. The first-order chi connectivity index (χ1) is 23.2. The maximum absolute atomic E-state index is 13.8. The van der Waals surface area contributed by atoms with Gasteiger partial charge in [0.2, 0.25) is 11.8 Å². The van der Waals surface area contributed by atoms with Crippen molar-refractivity contribution in [2.24, 2.45) is 11.8 Å². The molecular weight excluding hydrogens is 634 g/mol. The van der Waals surface area contributed by atoms with Gasteiger partial charge in [0.15, 0.2) is 6.79 Å². The largest absolute Gasteiger partial charge is 0.510 e. The second-order valence-corrected chi connectivity index (χ2v) is 12.7. The molecule has 4 N–H and O–H groups in total. The van der Waals surface area contributed by atoms with Crippen LogP contribution in [0.25, 0.3) is 17.0 Å². The van der Waals surface area contributed by atoms with Crippen LogP contribution >= 0.6 is 0 Å². The molecule has 5 atom stereocenters. The Morgan fingerprint density at radius 2 is 1.76 bits per heavy atom. The van der Waals surface area contributed by atoms with Gasteiger partial charge in [0, 0.05) is 17.6 Å². The minimum absolute atomic E-state index is 0.297. The third-order valence-electron chi connectivity index (χ3n) is 8.01. The molecular formula is C35H49N5O9. The second kappa shape index (κ2) is 18.3. The summed E-state index contributed by atoms with van der Waals surface area (Å²) < 4.78 is 15.7. The number of hydrogen-bond donors (Lipinski definition) is 4. The maximum Gasteiger partial charge on any atom is 0.510 e. The average molecular weight is 684 g/mol. The summed E-state index contributed by atoms with van der Waals surface area (Å²) in [7, 11) is 0. The van der Waals surface area contributed by atoms with Gasteiger partial charge in [-0.15, -0.1) is 0 Å². The summed E-state index contributed by atoms with van der Waals surface area (Å²) in [5.41, 5.74) is 5.24. The monoisotopic (exact) mass is 683 g/mol. The van der Waals surface area contributed by atoms with E-state index in [1.54, 1.807) is 46.8 Å². The normalized spacial score (nSPS) is 17.4. The van der Waals surface area contributed by atoms with E-state index in [0.717, 1.165) is 28.6 Å². The van der Waals surface area contributed by atoms with Crippen LogP contribution < -0.4 is 16.1 Å². The van der Waals surface area contributed by atoms with Crippen molar-refractivity contribution >= 4 is 46.8 Å². The SMILES string of the molecule is CCc1ccc2ccc(/C=C/[C@@H](C(=O)NC(C(=O)NC(C)C(=O)N3CCCC(C(=O)O)N3)C(C)C)C(C)OCOC(=O)OC(C)C)cc2n1. The number of benzene rings is 1. The molecule has 268 valence electrons. The number of carbonyl (C=O) groups is 5. The summed E-state index contributed by atoms with van der Waals surface area (Å²) in [5, 5.41) is 17.0. The van der Waals surface area contributed by atoms with Crippen LogP contribution in [0.4, 0.5) is 4.79 Å². The van der Waals surface area contributed by atoms with Gasteiger partial charge in [0.05, 0.1) is 23.6 Å². The Morgan fingerprint density at radius 1 is 1.04 bits per heavy atom. The summed E-state index contributed by atoms with van der Waals surface area (Å²) in [6, 6.07) is 6.81. The van der Waals surface area contributed by atoms with Crippen molar-refractivity contribution in [3.05, 3.63) is 47.7 Å². The van der Waals surface area contributed by atoms with Crippen molar-refractivity contribution in [1.29, 1.82) is 0 Å². The topological polar surface area (TPSA) is 185 Å². The number of carboxylic acids is 1. The summed E-state index contributed by atoms with van der Waals surface area (Å²) in [6.07, 6.45) is 2.98. The van der Waals surface area contributed by atoms with Gasteiger partial charge in [0.25, 0.3) is 5.91 Å². The third kappa shape index (κ3) is 11.5. The van der Waals surface area contributed by atoms with Gasteiger partial charge < -0.3 is 30.0 Å². The number of pyridine rings is 1. The molecule has 1 aromatic heterocycles. The third-order valence-corrected chi connectivity index (χ3v) is 8.01. The van der Waals surface area contributed by atoms with Crippen LogP contribution in [0.5, 0.6) is 0 Å². The van der Waals surface area contributed by atoms with Gasteiger partial charge in [0.1, 0.15) is 18.1 Å². The van der Waals surface area contributed by atoms with Gasteiger partial charge in [-0.25, -0.2) is 10.2 Å². The Hall–Kier alpha value is -4.56. The van der Waals surface area contributed by atoms with E-state index in [4.69, 9.17) is 14.2 Å². The Bertz CT molecular complexity index is 1510. The average Bonchev–Trinajstić information content (AvgIpc) is 3.05. The Balaban J connectivity index is 1.77. The molecule has 0 spiro atoms. The van der Waals surface area contributed by atoms with E-state index in [9.17, 15) is 29.1 Å². The number of carboxylic acid groups (broad SMARTS) is 1. The Morgan fingerprint density at radius 3 is 2.41 bits per heavy atom. The zero-order chi connectivity index (χ0) is 36.2. The fourth-order valence-corrected chi connectivity index (χ4v) is 5.17. The molecule has 0 saturated carbocycles. The van der Waals surface area contributed by atoms with E-state index >= 15 is 0 Å². The van der Waals surface area contributed by atoms with Crippen LogP contribution in [-0.2, 0) is 39.8 Å². The molecule has 2 aromatic rings. The Labute approximate surface area is 286 Å². The molecule has 49 heavy (non-hydrogen) atoms. The number of nitrogens with zero attached hydrogens (tertiary/aromatic N) is 2. The molecule has 1 saturated heterocycles. The molecule has 0 bridgehead atoms. The number of ether oxygens (including phenoxy) is 3. The fourth-order valence-electron chi connectivity index (χ4n) is 5.17. The smallest absolute Gasteiger partial charge is 0.480 e. The number of rotatable bonds is 15. The predicted molar refractivity (Wildman–Crippen MR) is 182 cm³/mol. The zero-order valence-corrected chi connectivity index (χ0v) is 29.2. The van der Waals surface area contributed by atoms with Crippen LogP contribution in [0, 0.1) is 11.8 Å². The molecule has 14 nitrogen and oxygen atoms in total. The fraction of sp³-hybridized carbons (Fsp3) is 0.543. The minimum atomic E-state index is -1.07. The van der Waals surface area contributed by atoms with Crippen molar-refractivity contribution in [2.45, 2.75) is 98.1 Å². The van der Waals surface area contributed by atoms with Gasteiger partial charge in [-0.1, -0.05) is 51.1 Å². The number of nitrogens with one attached hydrogen (secondary N) is 3. The number of aryl methyl sites for hydroxylation is 1. The molecule has 1 aliphatic heterocycles. The molecule has 0 aliphatic carbocycles. The summed E-state index contributed by atoms with van der Waals surface area (Å²) in [6.45, 7) is 11.9. The molecule has 0 radical (unpaired) electrons. The number of fused-ring (bicyclic) bond motifs is 1. The van der Waals surface area contributed by atoms with Gasteiger partial charge in [-0.3, -0.25) is 29.2 Å². The van der Waals surface area contributed by atoms with Crippen LogP contribution in [0.2, 0.25) is 0 Å². The number of aliphatic carboxylic acids is 1. The van der Waals surface area contributed by atoms with Crippen molar-refractivity contribution in [3.8, 4) is 0 Å². The molecule has 3 amide bonds. The summed E-state index contributed by atoms with van der Waals surface area (Å²) in [4.78, 5) is 68.3. The van der Waals surface area contributed by atoms with E-state index in [-0.39, 0.29) is 12.0 Å². The number of hydrogen-bond acceptors (Lipinski definition) is 10. The molecule has 14 heteroatoms. The zero-order valence-electron chi connectivity index (χ0n) is 29.2. The predicted octanol–water partition coefficient (Wildman–Crippen LogP) is 3.58. The van der Waals surface area contributed by atoms with Crippen LogP contribution in [0.3, 0.4) is 0 Å². The first-order valence-corrected chi connectivity index (χ1v) is 16.6. The van der Waals surface area contributed by atoms with E-state index in [2.05, 4.69) is 21.0 Å². The van der Waals surface area contributed by atoms with E-state index in [0.29, 0.717) is 19.4 Å². The highest BCUT2D eigenvalue weighted by Crippen LogP contribution is 2.19. The minimum Gasteiger partial charge on any atom is -0.480 e. The first kappa shape index (κ1) is 38.9. The highest BCUT2D eigenvalue weighted by Gasteiger charge is 2.34. The van der Waals surface area contributed by atoms with Crippen LogP contribution in [0.1, 0.15) is 72.6 Å². The van der Waals surface area contributed by atoms with E-state index in [1.165, 1.54) is 11.9 Å². The number of hydrazine groups is 1. The van der Waals surface area contributed by atoms with Crippen molar-refractivity contribution in [2.75, 3.05) is 13.3 Å². The lowest BCUT2D eigenvalue weighted by Gasteiger charge is -2.34. The standard InChI is InChI=1S/C35H49N5O9/c1-8-26-15-14-25-13-11-24(18-29(25)37-26)12-16-27(23(7)47-19-48-35(46)49-21(4)5)31(41)38-30(20(2)3)32(42)36-22(6)33(43)40-17-9-10-28(39-40)34(44)45/h11-16,18,20-23,27-28,30,39H,8-10,17,19H2,1-7H3,(H,36,42)(H,38,41)(H,44,45)/b16-12+/t22?,23?,27-,28?,30?/m1/s1. The lowest BCUT2D eigenvalue weighted by atomic mass is 9.97. The number of aromatic nitrogens is 1. The van der Waals surface area contributed by atoms with Gasteiger partial charge in [-0.05, 0) is 70.6 Å². The molecule has 2 heterocycles. The van der Waals surface area contributed by atoms with Crippen molar-refractivity contribution in [3.63, 3.8) is 0 Å². The van der Waals surface area contributed by atoms with Gasteiger partial charge >= 0.3 is 12.1 Å². The first-order valence-electron chi connectivity index (χ1n) is 16.6. The molecule has 3 rings (SSSR count). The van der Waals surface area contributed by atoms with E-state index < -0.39 is 66.8 Å². The highest BCUT2D eigenvalue weighted by atomic mass is 16.8. The number of amides is 3. The molecule has 1 aromatic carbocycles.